The molecule has 4 aliphatic rings. The van der Waals surface area contributed by atoms with Gasteiger partial charge in [0.1, 0.15) is 48.1 Å². The Morgan fingerprint density at radius 1 is 0.879 bits per heavy atom. The molecule has 0 bridgehead atoms. The molecular weight excluding hydrogens is 748 g/mol. The third kappa shape index (κ3) is 9.45. The van der Waals surface area contributed by atoms with Gasteiger partial charge in [0.25, 0.3) is 0 Å². The van der Waals surface area contributed by atoms with E-state index in [2.05, 4.69) is 26.4 Å². The van der Waals surface area contributed by atoms with Crippen molar-refractivity contribution >= 4 is 47.4 Å². The van der Waals surface area contributed by atoms with Crippen LogP contribution >= 0.6 is 0 Å². The molecule has 0 saturated carbocycles. The van der Waals surface area contributed by atoms with Crippen LogP contribution in [0.15, 0.2) is 40.9 Å². The summed E-state index contributed by atoms with van der Waals surface area (Å²) < 4.78 is 11.3. The number of anilines is 1. The van der Waals surface area contributed by atoms with E-state index >= 15 is 0 Å². The Kier molecular flexibility index (Phi) is 12.8. The second-order valence-electron chi connectivity index (χ2n) is 17.1. The number of amides is 7. The monoisotopic (exact) mass is 804 g/mol. The molecule has 7 amide bonds. The first-order valence-electron chi connectivity index (χ1n) is 20.3. The van der Waals surface area contributed by atoms with Crippen LogP contribution in [0.1, 0.15) is 91.4 Å². The van der Waals surface area contributed by atoms with Crippen LogP contribution in [0.5, 0.6) is 0 Å². The molecule has 314 valence electrons. The number of ether oxygens (including phenoxy) is 1. The van der Waals surface area contributed by atoms with Crippen LogP contribution in [0.2, 0.25) is 0 Å². The molecule has 2 aromatic rings. The number of rotatable bonds is 6. The molecule has 1 aromatic carbocycles. The van der Waals surface area contributed by atoms with Crippen molar-refractivity contribution in [3.05, 3.63) is 47.7 Å². The van der Waals surface area contributed by atoms with E-state index in [-0.39, 0.29) is 36.7 Å². The predicted molar refractivity (Wildman–Crippen MR) is 210 cm³/mol. The molecule has 8 atom stereocenters. The van der Waals surface area contributed by atoms with Gasteiger partial charge in [-0.1, -0.05) is 63.2 Å². The molecule has 4 saturated heterocycles. The highest BCUT2D eigenvalue weighted by molar-refractivity contribution is 5.98. The Balaban J connectivity index is 1.31. The van der Waals surface area contributed by atoms with Crippen molar-refractivity contribution in [1.29, 1.82) is 0 Å². The molecule has 1 unspecified atom stereocenters. The van der Waals surface area contributed by atoms with Crippen LogP contribution in [0.3, 0.4) is 0 Å². The maximum Gasteiger partial charge on any atom is 0.329 e. The molecule has 0 aliphatic carbocycles. The summed E-state index contributed by atoms with van der Waals surface area (Å²) in [5.41, 5.74) is 0.338. The lowest BCUT2D eigenvalue weighted by molar-refractivity contribution is -0.163. The Morgan fingerprint density at radius 3 is 2.28 bits per heavy atom. The minimum absolute atomic E-state index is 0.0275. The number of hydrogen-bond donors (Lipinski definition) is 4. The van der Waals surface area contributed by atoms with Crippen molar-refractivity contribution in [1.82, 2.24) is 35.8 Å². The van der Waals surface area contributed by atoms with Gasteiger partial charge in [0.15, 0.2) is 5.82 Å². The number of urea groups is 1. The average Bonchev–Trinajstić information content (AvgIpc) is 3.96. The van der Waals surface area contributed by atoms with E-state index in [1.165, 1.54) is 21.6 Å². The number of piperidine rings is 1. The Labute approximate surface area is 338 Å². The van der Waals surface area contributed by atoms with Gasteiger partial charge < -0.3 is 39.9 Å². The highest BCUT2D eigenvalue weighted by Crippen LogP contribution is 2.29. The summed E-state index contributed by atoms with van der Waals surface area (Å²) >= 11 is 0. The molecule has 17 nitrogen and oxygen atoms in total. The largest absolute Gasteiger partial charge is 0.458 e. The van der Waals surface area contributed by atoms with Crippen LogP contribution in [0.25, 0.3) is 0 Å². The number of nitrogens with zero attached hydrogens (tertiary/aromatic N) is 4. The Morgan fingerprint density at radius 2 is 1.57 bits per heavy atom. The number of aromatic nitrogens is 1. The van der Waals surface area contributed by atoms with Gasteiger partial charge in [-0.2, -0.15) is 0 Å². The molecule has 58 heavy (non-hydrogen) atoms. The Bertz CT molecular complexity index is 1880. The number of carbonyl (C=O) groups excluding carboxylic acids is 7. The van der Waals surface area contributed by atoms with Gasteiger partial charge in [0.05, 0.1) is 0 Å². The van der Waals surface area contributed by atoms with Crippen molar-refractivity contribution in [3.63, 3.8) is 0 Å². The summed E-state index contributed by atoms with van der Waals surface area (Å²) in [5.74, 6) is -2.91. The Hall–Kier alpha value is -5.48. The lowest BCUT2D eigenvalue weighted by Crippen LogP contribution is -2.63. The van der Waals surface area contributed by atoms with Crippen LogP contribution < -0.4 is 21.3 Å². The van der Waals surface area contributed by atoms with Crippen molar-refractivity contribution in [2.24, 2.45) is 5.92 Å². The van der Waals surface area contributed by atoms with Gasteiger partial charge in [-0.15, -0.1) is 0 Å². The van der Waals surface area contributed by atoms with Crippen LogP contribution in [0.4, 0.5) is 10.6 Å². The van der Waals surface area contributed by atoms with Gasteiger partial charge in [-0.3, -0.25) is 29.3 Å². The average molecular weight is 805 g/mol. The fraction of sp³-hybridized carbons (Fsp3) is 0.610. The maximum atomic E-state index is 14.7. The molecule has 17 heteroatoms. The van der Waals surface area contributed by atoms with Crippen molar-refractivity contribution < 1.29 is 42.8 Å². The van der Waals surface area contributed by atoms with Crippen LogP contribution in [-0.2, 0) is 45.3 Å². The molecular formula is C41H56N8O9. The summed E-state index contributed by atoms with van der Waals surface area (Å²) in [6, 6.07) is 3.33. The molecule has 6 rings (SSSR count). The quantitative estimate of drug-likeness (QED) is 0.313. The number of hydrogen-bond acceptors (Lipinski definition) is 10. The first-order valence-corrected chi connectivity index (χ1v) is 20.3. The number of cyclic esters (lactones) is 1. The summed E-state index contributed by atoms with van der Waals surface area (Å²) in [4.78, 5) is 103. The van der Waals surface area contributed by atoms with Gasteiger partial charge in [0.2, 0.25) is 29.5 Å². The van der Waals surface area contributed by atoms with Gasteiger partial charge >= 0.3 is 12.0 Å². The van der Waals surface area contributed by atoms with Crippen LogP contribution in [-0.4, -0.2) is 123 Å². The molecule has 4 fully saturated rings. The van der Waals surface area contributed by atoms with E-state index in [0.29, 0.717) is 56.4 Å². The first kappa shape index (κ1) is 42.1. The second kappa shape index (κ2) is 17.6. The van der Waals surface area contributed by atoms with E-state index in [4.69, 9.17) is 9.26 Å². The lowest BCUT2D eigenvalue weighted by Gasteiger charge is -2.39. The maximum absolute atomic E-state index is 14.7. The van der Waals surface area contributed by atoms with Crippen LogP contribution in [0, 0.1) is 5.92 Å². The number of benzene rings is 1. The topological polar surface area (TPSA) is 213 Å². The normalized spacial score (nSPS) is 27.9. The van der Waals surface area contributed by atoms with E-state index in [1.807, 2.05) is 33.8 Å². The van der Waals surface area contributed by atoms with E-state index in [0.717, 1.165) is 0 Å². The summed E-state index contributed by atoms with van der Waals surface area (Å²) in [7, 11) is 0. The fourth-order valence-corrected chi connectivity index (χ4v) is 8.28. The smallest absolute Gasteiger partial charge is 0.329 e. The van der Waals surface area contributed by atoms with Gasteiger partial charge in [0, 0.05) is 37.5 Å². The van der Waals surface area contributed by atoms with E-state index in [1.54, 1.807) is 37.3 Å². The lowest BCUT2D eigenvalue weighted by atomic mass is 9.93. The highest BCUT2D eigenvalue weighted by atomic mass is 16.5. The number of carbonyl (C=O) groups is 7. The molecule has 4 aliphatic heterocycles. The first-order chi connectivity index (χ1) is 27.5. The number of fused-ring (bicyclic) bond motifs is 3. The third-order valence-electron chi connectivity index (χ3n) is 11.4. The number of nitrogens with one attached hydrogen (secondary N) is 4. The van der Waals surface area contributed by atoms with Crippen molar-refractivity contribution in [2.75, 3.05) is 25.0 Å². The molecule has 0 radical (unpaired) electrons. The minimum Gasteiger partial charge on any atom is -0.458 e. The molecule has 1 aromatic heterocycles. The molecule has 5 heterocycles. The van der Waals surface area contributed by atoms with E-state index < -0.39 is 83.9 Å². The highest BCUT2D eigenvalue weighted by Gasteiger charge is 2.47. The van der Waals surface area contributed by atoms with Crippen molar-refractivity contribution in [3.8, 4) is 0 Å². The van der Waals surface area contributed by atoms with Gasteiger partial charge in [-0.05, 0) is 63.9 Å². The summed E-state index contributed by atoms with van der Waals surface area (Å²) in [5, 5.41) is 14.8. The SMILES string of the molecule is CC1OC(=O)[C@@H]2C[C@@H](C)CN2C(=O)[C@H](C)NC(=O)[C@@H]2CCCCN2C(=O)[C@@H]2CCCN2C(=O)[C@H]1NC(=O)[C@H](Cc1ccccc1)NC(=O)Nc1cc(C(C)(C)C)on1. The summed E-state index contributed by atoms with van der Waals surface area (Å²) in [6.45, 7) is 11.5. The zero-order valence-corrected chi connectivity index (χ0v) is 34.1. The molecule has 0 spiro atoms. The number of esters is 1. The molecule has 4 N–H and O–H groups in total. The fourth-order valence-electron chi connectivity index (χ4n) is 8.28. The minimum atomic E-state index is -1.49. The van der Waals surface area contributed by atoms with E-state index in [9.17, 15) is 33.6 Å². The standard InChI is InChI=1S/C41H56N8O9/c1-23-19-30-39(55)57-25(3)33(45-34(50)27(20-26-13-8-7-9-14-26)43-40(56)44-32-21-31(58-46-32)41(4,5)6)38(54)48-18-12-16-29(48)37(53)47-17-11-10-15-28(47)35(51)42-24(2)36(52)49(30)22-23/h7-9,13-14,21,23-25,27-30,33H,10-12,15-20,22H2,1-6H3,(H,42,51)(H,45,50)(H2,43,44,46,56)/t23-,24+,25?,27+,28+,29+,30+,33+/m1/s1. The van der Waals surface area contributed by atoms with Crippen molar-refractivity contribution in [2.45, 2.75) is 134 Å². The predicted octanol–water partition coefficient (Wildman–Crippen LogP) is 2.25. The third-order valence-corrected chi connectivity index (χ3v) is 11.4. The second-order valence-corrected chi connectivity index (χ2v) is 17.1. The zero-order valence-electron chi connectivity index (χ0n) is 34.1. The summed E-state index contributed by atoms with van der Waals surface area (Å²) in [6.07, 6.45) is 1.63. The zero-order chi connectivity index (χ0) is 41.9. The van der Waals surface area contributed by atoms with Gasteiger partial charge in [-0.25, -0.2) is 9.59 Å².